The first-order valence-electron chi connectivity index (χ1n) is 5.24. The van der Waals surface area contributed by atoms with E-state index >= 15 is 0 Å². The van der Waals surface area contributed by atoms with Gasteiger partial charge in [0.25, 0.3) is 0 Å². The van der Waals surface area contributed by atoms with Gasteiger partial charge in [0.05, 0.1) is 7.11 Å². The first-order chi connectivity index (χ1) is 7.67. The summed E-state index contributed by atoms with van der Waals surface area (Å²) in [5, 5.41) is 0. The molecule has 2 N–H and O–H groups in total. The third-order valence-corrected chi connectivity index (χ3v) is 2.36. The molecule has 0 bridgehead atoms. The lowest BCUT2D eigenvalue weighted by molar-refractivity contribution is -0.130. The number of halogens is 1. The number of nitrogens with zero attached hydrogens (tertiary/aromatic N) is 1. The highest BCUT2D eigenvalue weighted by Gasteiger charge is 2.07. The minimum absolute atomic E-state index is 0. The Bertz CT molecular complexity index is 341. The van der Waals surface area contributed by atoms with Crippen LogP contribution in [0.1, 0.15) is 12.0 Å². The molecule has 0 spiro atoms. The minimum Gasteiger partial charge on any atom is -0.497 e. The van der Waals surface area contributed by atoms with Crippen LogP contribution in [-0.4, -0.2) is 31.5 Å². The smallest absolute Gasteiger partial charge is 0.223 e. The quantitative estimate of drug-likeness (QED) is 0.869. The molecule has 5 heteroatoms. The predicted octanol–water partition coefficient (Wildman–Crippen LogP) is 1.42. The van der Waals surface area contributed by atoms with Crippen LogP contribution in [0.25, 0.3) is 0 Å². The number of benzene rings is 1. The summed E-state index contributed by atoms with van der Waals surface area (Å²) in [7, 11) is 3.41. The maximum Gasteiger partial charge on any atom is 0.223 e. The summed E-state index contributed by atoms with van der Waals surface area (Å²) in [6.45, 7) is 0.995. The largest absolute Gasteiger partial charge is 0.497 e. The van der Waals surface area contributed by atoms with Gasteiger partial charge in [-0.1, -0.05) is 12.1 Å². The van der Waals surface area contributed by atoms with Gasteiger partial charge in [0, 0.05) is 26.6 Å². The van der Waals surface area contributed by atoms with Crippen molar-refractivity contribution in [3.05, 3.63) is 29.8 Å². The first-order valence-corrected chi connectivity index (χ1v) is 5.24. The molecule has 0 saturated carbocycles. The number of nitrogens with two attached hydrogens (primary N) is 1. The molecule has 96 valence electrons. The van der Waals surface area contributed by atoms with Crippen molar-refractivity contribution in [2.24, 2.45) is 5.73 Å². The highest BCUT2D eigenvalue weighted by Crippen LogP contribution is 2.12. The summed E-state index contributed by atoms with van der Waals surface area (Å²) in [6.07, 6.45) is 0.395. The van der Waals surface area contributed by atoms with Gasteiger partial charge in [0.15, 0.2) is 0 Å². The Hall–Kier alpha value is -1.26. The van der Waals surface area contributed by atoms with E-state index in [9.17, 15) is 4.79 Å². The Morgan fingerprint density at radius 3 is 2.41 bits per heavy atom. The van der Waals surface area contributed by atoms with E-state index in [1.54, 1.807) is 19.1 Å². The average molecular weight is 259 g/mol. The molecule has 0 aliphatic heterocycles. The molecule has 0 fully saturated rings. The second-order valence-corrected chi connectivity index (χ2v) is 3.64. The molecule has 0 unspecified atom stereocenters. The fraction of sp³-hybridized carbons (Fsp3) is 0.417. The molecule has 1 aromatic rings. The van der Waals surface area contributed by atoms with Crippen molar-refractivity contribution in [3.63, 3.8) is 0 Å². The molecule has 1 amide bonds. The zero-order valence-electron chi connectivity index (χ0n) is 10.2. The predicted molar refractivity (Wildman–Crippen MR) is 70.4 cm³/mol. The van der Waals surface area contributed by atoms with Gasteiger partial charge in [-0.3, -0.25) is 4.79 Å². The molecule has 0 radical (unpaired) electrons. The van der Waals surface area contributed by atoms with Crippen LogP contribution in [0.15, 0.2) is 24.3 Å². The summed E-state index contributed by atoms with van der Waals surface area (Å²) >= 11 is 0. The van der Waals surface area contributed by atoms with Crippen LogP contribution in [0.5, 0.6) is 5.75 Å². The zero-order valence-corrected chi connectivity index (χ0v) is 11.0. The van der Waals surface area contributed by atoms with Crippen molar-refractivity contribution in [2.45, 2.75) is 13.0 Å². The maximum atomic E-state index is 11.5. The number of hydrogen-bond donors (Lipinski definition) is 1. The minimum atomic E-state index is 0. The molecule has 0 heterocycles. The van der Waals surface area contributed by atoms with Gasteiger partial charge < -0.3 is 15.4 Å². The van der Waals surface area contributed by atoms with Gasteiger partial charge in [-0.05, 0) is 17.7 Å². The van der Waals surface area contributed by atoms with Crippen LogP contribution in [0, 0.1) is 0 Å². The van der Waals surface area contributed by atoms with Gasteiger partial charge in [0.2, 0.25) is 5.91 Å². The Morgan fingerprint density at radius 1 is 1.35 bits per heavy atom. The number of hydrogen-bond acceptors (Lipinski definition) is 3. The van der Waals surface area contributed by atoms with Crippen molar-refractivity contribution >= 4 is 18.3 Å². The van der Waals surface area contributed by atoms with Gasteiger partial charge in [0.1, 0.15) is 5.75 Å². The third-order valence-electron chi connectivity index (χ3n) is 2.36. The van der Waals surface area contributed by atoms with Gasteiger partial charge in [-0.2, -0.15) is 0 Å². The molecule has 1 rings (SSSR count). The van der Waals surface area contributed by atoms with E-state index in [-0.39, 0.29) is 18.3 Å². The second-order valence-electron chi connectivity index (χ2n) is 3.64. The molecule has 0 saturated heterocycles. The van der Waals surface area contributed by atoms with E-state index in [0.717, 1.165) is 11.3 Å². The van der Waals surface area contributed by atoms with Crippen LogP contribution < -0.4 is 10.5 Å². The summed E-state index contributed by atoms with van der Waals surface area (Å²) in [5.41, 5.74) is 6.41. The van der Waals surface area contributed by atoms with Crippen LogP contribution >= 0.6 is 12.4 Å². The number of rotatable bonds is 5. The molecule has 0 aromatic heterocycles. The van der Waals surface area contributed by atoms with Gasteiger partial charge in [-0.15, -0.1) is 12.4 Å². The molecule has 1 aromatic carbocycles. The fourth-order valence-corrected chi connectivity index (χ4v) is 1.41. The lowest BCUT2D eigenvalue weighted by atomic mass is 10.2. The standard InChI is InChI=1S/C12H18N2O2.ClH/c1-14(12(15)7-8-13)9-10-3-5-11(16-2)6-4-10;/h3-6H,7-9,13H2,1-2H3;1H. The first kappa shape index (κ1) is 15.7. The Morgan fingerprint density at radius 2 is 1.94 bits per heavy atom. The monoisotopic (exact) mass is 258 g/mol. The van der Waals surface area contributed by atoms with E-state index in [1.807, 2.05) is 24.3 Å². The number of methoxy groups -OCH3 is 1. The molecular weight excluding hydrogens is 240 g/mol. The topological polar surface area (TPSA) is 55.6 Å². The van der Waals surface area contributed by atoms with E-state index in [2.05, 4.69) is 0 Å². The highest BCUT2D eigenvalue weighted by molar-refractivity contribution is 5.85. The third kappa shape index (κ3) is 5.06. The number of carbonyl (C=O) groups excluding carboxylic acids is 1. The SMILES string of the molecule is COc1ccc(CN(C)C(=O)CCN)cc1.Cl. The van der Waals surface area contributed by atoms with Crippen LogP contribution in [0.4, 0.5) is 0 Å². The normalized spacial score (nSPS) is 9.35. The van der Waals surface area contributed by atoms with Crippen molar-refractivity contribution in [1.82, 2.24) is 4.90 Å². The van der Waals surface area contributed by atoms with Crippen molar-refractivity contribution in [2.75, 3.05) is 20.7 Å². The Labute approximate surface area is 108 Å². The van der Waals surface area contributed by atoms with E-state index in [1.165, 1.54) is 0 Å². The summed E-state index contributed by atoms with van der Waals surface area (Å²) < 4.78 is 5.06. The zero-order chi connectivity index (χ0) is 12.0. The number of carbonyl (C=O) groups is 1. The fourth-order valence-electron chi connectivity index (χ4n) is 1.41. The molecule has 4 nitrogen and oxygen atoms in total. The lowest BCUT2D eigenvalue weighted by Gasteiger charge is -2.16. The molecular formula is C12H19ClN2O2. The summed E-state index contributed by atoms with van der Waals surface area (Å²) in [5.74, 6) is 0.887. The van der Waals surface area contributed by atoms with Gasteiger partial charge >= 0.3 is 0 Å². The maximum absolute atomic E-state index is 11.5. The number of amides is 1. The van der Waals surface area contributed by atoms with Crippen LogP contribution in [0.3, 0.4) is 0 Å². The van der Waals surface area contributed by atoms with Crippen LogP contribution in [-0.2, 0) is 11.3 Å². The number of ether oxygens (including phenoxy) is 1. The summed E-state index contributed by atoms with van der Waals surface area (Å²) in [6, 6.07) is 7.67. The second kappa shape index (κ2) is 7.92. The van der Waals surface area contributed by atoms with E-state index in [0.29, 0.717) is 19.5 Å². The van der Waals surface area contributed by atoms with E-state index in [4.69, 9.17) is 10.5 Å². The van der Waals surface area contributed by atoms with E-state index < -0.39 is 0 Å². The van der Waals surface area contributed by atoms with Crippen molar-refractivity contribution in [3.8, 4) is 5.75 Å². The molecule has 17 heavy (non-hydrogen) atoms. The average Bonchev–Trinajstić information content (AvgIpc) is 2.30. The van der Waals surface area contributed by atoms with Crippen LogP contribution in [0.2, 0.25) is 0 Å². The molecule has 0 aliphatic carbocycles. The molecule has 0 atom stereocenters. The molecule has 0 aliphatic rings. The Kier molecular flexibility index (Phi) is 7.34. The Balaban J connectivity index is 0.00000256. The van der Waals surface area contributed by atoms with Crippen molar-refractivity contribution in [1.29, 1.82) is 0 Å². The van der Waals surface area contributed by atoms with Gasteiger partial charge in [-0.25, -0.2) is 0 Å². The highest BCUT2D eigenvalue weighted by atomic mass is 35.5. The summed E-state index contributed by atoms with van der Waals surface area (Å²) in [4.78, 5) is 13.2. The lowest BCUT2D eigenvalue weighted by Crippen LogP contribution is -2.27. The van der Waals surface area contributed by atoms with Crippen molar-refractivity contribution < 1.29 is 9.53 Å².